The monoisotopic (exact) mass is 198 g/mol. The lowest BCUT2D eigenvalue weighted by Gasteiger charge is -2.13. The van der Waals surface area contributed by atoms with Crippen LogP contribution in [0, 0.1) is 10.8 Å². The van der Waals surface area contributed by atoms with Crippen molar-refractivity contribution in [3.63, 3.8) is 0 Å². The molecule has 0 amide bonds. The smallest absolute Gasteiger partial charge is 0.0302 e. The predicted molar refractivity (Wildman–Crippen MR) is 68.6 cm³/mol. The topological polar surface area (TPSA) is 0 Å². The highest BCUT2D eigenvalue weighted by Crippen LogP contribution is 2.18. The van der Waals surface area contributed by atoms with Crippen LogP contribution in [0.15, 0.2) is 12.2 Å². The van der Waals surface area contributed by atoms with E-state index in [1.165, 1.54) is 12.8 Å². The minimum Gasteiger partial charge on any atom is -0.0916 e. The van der Waals surface area contributed by atoms with Gasteiger partial charge in [-0.2, -0.15) is 0 Å². The van der Waals surface area contributed by atoms with Gasteiger partial charge in [0.15, 0.2) is 0 Å². The van der Waals surface area contributed by atoms with Crippen LogP contribution in [0.25, 0.3) is 0 Å². The molecule has 0 bridgehead atoms. The van der Waals surface area contributed by atoms with Gasteiger partial charge in [0.05, 0.1) is 0 Å². The largest absolute Gasteiger partial charge is 0.0916 e. The second kappa shape index (κ2) is 7.09. The molecule has 0 saturated carbocycles. The van der Waals surface area contributed by atoms with Crippen molar-refractivity contribution in [1.29, 1.82) is 0 Å². The summed E-state index contributed by atoms with van der Waals surface area (Å²) in [6, 6.07) is 0. The minimum atomic E-state index is 0.465. The zero-order chi connectivity index (χ0) is 11.8. The average Bonchev–Trinajstić information content (AvgIpc) is 1.99. The summed E-state index contributed by atoms with van der Waals surface area (Å²) in [5.74, 6) is 0. The van der Waals surface area contributed by atoms with Crippen LogP contribution in [-0.2, 0) is 0 Å². The molecular weight excluding hydrogens is 168 g/mol. The van der Waals surface area contributed by atoms with E-state index in [0.717, 1.165) is 0 Å². The molecule has 0 aliphatic carbocycles. The fourth-order valence-corrected chi connectivity index (χ4v) is 0.471. The number of hydrogen-bond donors (Lipinski definition) is 0. The molecular formula is C14H30. The molecule has 0 radical (unpaired) electrons. The van der Waals surface area contributed by atoms with Crippen LogP contribution in [0.3, 0.4) is 0 Å². The van der Waals surface area contributed by atoms with E-state index in [-0.39, 0.29) is 0 Å². The van der Waals surface area contributed by atoms with Crippen molar-refractivity contribution in [2.24, 2.45) is 10.8 Å². The van der Waals surface area contributed by atoms with Gasteiger partial charge < -0.3 is 0 Å². The van der Waals surface area contributed by atoms with Crippen molar-refractivity contribution >= 4 is 0 Å². The van der Waals surface area contributed by atoms with Crippen LogP contribution in [0.5, 0.6) is 0 Å². The molecule has 0 aromatic rings. The van der Waals surface area contributed by atoms with Crippen molar-refractivity contribution in [2.45, 2.75) is 68.2 Å². The molecule has 0 N–H and O–H groups in total. The first-order valence-electron chi connectivity index (χ1n) is 5.73. The lowest BCUT2D eigenvalue weighted by atomic mass is 9.92. The second-order valence-electron chi connectivity index (χ2n) is 6.25. The molecule has 0 atom stereocenters. The third-order valence-electron chi connectivity index (χ3n) is 2.03. The van der Waals surface area contributed by atoms with Gasteiger partial charge in [0, 0.05) is 0 Å². The van der Waals surface area contributed by atoms with Crippen LogP contribution in [0.4, 0.5) is 0 Å². The lowest BCUT2D eigenvalue weighted by molar-refractivity contribution is 0.398. The van der Waals surface area contributed by atoms with E-state index in [1.807, 2.05) is 0 Å². The molecule has 0 aromatic carbocycles. The summed E-state index contributed by atoms with van der Waals surface area (Å²) in [6.45, 7) is 17.7. The molecule has 0 spiro atoms. The standard InChI is InChI=1S/C8H16.C6H14/c1-5-6-7-8(2,3)4;1-5-6(2,3)4/h5-6H,7H2,1-4H3;5H2,1-4H3/b6-5+;. The minimum absolute atomic E-state index is 0.465. The second-order valence-corrected chi connectivity index (χ2v) is 6.25. The van der Waals surface area contributed by atoms with Crippen LogP contribution >= 0.6 is 0 Å². The molecule has 14 heavy (non-hydrogen) atoms. The highest BCUT2D eigenvalue weighted by atomic mass is 14.1. The Morgan fingerprint density at radius 3 is 1.29 bits per heavy atom. The van der Waals surface area contributed by atoms with E-state index in [0.29, 0.717) is 10.8 Å². The van der Waals surface area contributed by atoms with Crippen molar-refractivity contribution in [3.05, 3.63) is 12.2 Å². The number of rotatable bonds is 1. The zero-order valence-electron chi connectivity index (χ0n) is 11.6. The summed E-state index contributed by atoms with van der Waals surface area (Å²) in [6.07, 6.45) is 6.77. The van der Waals surface area contributed by atoms with Crippen molar-refractivity contribution in [3.8, 4) is 0 Å². The Bertz CT molecular complexity index is 138. The van der Waals surface area contributed by atoms with Gasteiger partial charge in [-0.3, -0.25) is 0 Å². The molecule has 0 aliphatic rings. The number of hydrogen-bond acceptors (Lipinski definition) is 0. The summed E-state index contributed by atoms with van der Waals surface area (Å²) in [5, 5.41) is 0. The average molecular weight is 198 g/mol. The Labute approximate surface area is 91.8 Å². The lowest BCUT2D eigenvalue weighted by Crippen LogP contribution is -2.01. The zero-order valence-corrected chi connectivity index (χ0v) is 11.6. The third kappa shape index (κ3) is 22.6. The van der Waals surface area contributed by atoms with Crippen LogP contribution in [0.2, 0.25) is 0 Å². The quantitative estimate of drug-likeness (QED) is 0.492. The highest BCUT2D eigenvalue weighted by Gasteiger charge is 2.05. The van der Waals surface area contributed by atoms with Gasteiger partial charge in [-0.15, -0.1) is 0 Å². The number of allylic oxidation sites excluding steroid dienone is 2. The first-order valence-corrected chi connectivity index (χ1v) is 5.73. The Morgan fingerprint density at radius 1 is 0.857 bits per heavy atom. The van der Waals surface area contributed by atoms with Crippen LogP contribution in [0.1, 0.15) is 68.2 Å². The Kier molecular flexibility index (Phi) is 8.19. The summed E-state index contributed by atoms with van der Waals surface area (Å²) in [7, 11) is 0. The molecule has 0 unspecified atom stereocenters. The predicted octanol–water partition coefficient (Wildman–Crippen LogP) is 5.44. The van der Waals surface area contributed by atoms with Gasteiger partial charge in [-0.25, -0.2) is 0 Å². The van der Waals surface area contributed by atoms with E-state index in [2.05, 4.69) is 67.5 Å². The van der Waals surface area contributed by atoms with Crippen LogP contribution < -0.4 is 0 Å². The maximum absolute atomic E-state index is 2.24. The summed E-state index contributed by atoms with van der Waals surface area (Å²) in [5.41, 5.74) is 1.01. The molecule has 0 aromatic heterocycles. The van der Waals surface area contributed by atoms with Crippen molar-refractivity contribution in [1.82, 2.24) is 0 Å². The summed E-state index contributed by atoms with van der Waals surface area (Å²) >= 11 is 0. The summed E-state index contributed by atoms with van der Waals surface area (Å²) in [4.78, 5) is 0. The van der Waals surface area contributed by atoms with Gasteiger partial charge in [0.2, 0.25) is 0 Å². The molecule has 0 heterocycles. The maximum atomic E-state index is 2.24. The molecule has 0 saturated heterocycles. The van der Waals surface area contributed by atoms with Gasteiger partial charge >= 0.3 is 0 Å². The third-order valence-corrected chi connectivity index (χ3v) is 2.03. The van der Waals surface area contributed by atoms with Crippen LogP contribution in [-0.4, -0.2) is 0 Å². The fourth-order valence-electron chi connectivity index (χ4n) is 0.471. The molecule has 0 heteroatoms. The molecule has 0 rings (SSSR count). The molecule has 0 fully saturated rings. The van der Waals surface area contributed by atoms with E-state index in [4.69, 9.17) is 0 Å². The fraction of sp³-hybridized carbons (Fsp3) is 0.857. The first kappa shape index (κ1) is 16.2. The van der Waals surface area contributed by atoms with Gasteiger partial charge in [-0.05, 0) is 24.2 Å². The first-order chi connectivity index (χ1) is 6.12. The van der Waals surface area contributed by atoms with E-state index >= 15 is 0 Å². The van der Waals surface area contributed by atoms with E-state index in [1.54, 1.807) is 0 Å². The highest BCUT2D eigenvalue weighted by molar-refractivity contribution is 4.82. The summed E-state index contributed by atoms with van der Waals surface area (Å²) < 4.78 is 0. The Balaban J connectivity index is 0. The van der Waals surface area contributed by atoms with Gasteiger partial charge in [0.25, 0.3) is 0 Å². The van der Waals surface area contributed by atoms with Gasteiger partial charge in [-0.1, -0.05) is 67.0 Å². The normalized spacial score (nSPS) is 12.6. The Morgan fingerprint density at radius 2 is 1.21 bits per heavy atom. The molecule has 0 nitrogen and oxygen atoms in total. The maximum Gasteiger partial charge on any atom is -0.0302 e. The van der Waals surface area contributed by atoms with E-state index < -0.39 is 0 Å². The molecule has 0 aliphatic heterocycles. The SMILES string of the molecule is C/C=C/CC(C)(C)C.CCC(C)(C)C. The molecule has 86 valence electrons. The van der Waals surface area contributed by atoms with Crippen molar-refractivity contribution in [2.75, 3.05) is 0 Å². The van der Waals surface area contributed by atoms with Gasteiger partial charge in [0.1, 0.15) is 0 Å². The van der Waals surface area contributed by atoms with Crippen molar-refractivity contribution < 1.29 is 0 Å². The Hall–Kier alpha value is -0.260. The van der Waals surface area contributed by atoms with E-state index in [9.17, 15) is 0 Å².